The van der Waals surface area contributed by atoms with E-state index in [9.17, 15) is 9.90 Å². The van der Waals surface area contributed by atoms with Crippen LogP contribution in [-0.2, 0) is 4.79 Å². The first-order valence-corrected chi connectivity index (χ1v) is 6.54. The lowest BCUT2D eigenvalue weighted by Gasteiger charge is -2.17. The zero-order valence-electron chi connectivity index (χ0n) is 12.2. The Kier molecular flexibility index (Phi) is 10.2. The van der Waals surface area contributed by atoms with E-state index in [4.69, 9.17) is 5.73 Å². The van der Waals surface area contributed by atoms with Gasteiger partial charge in [-0.3, -0.25) is 4.79 Å². The van der Waals surface area contributed by atoms with Crippen LogP contribution in [0.3, 0.4) is 0 Å². The summed E-state index contributed by atoms with van der Waals surface area (Å²) in [6, 6.07) is 9.76. The SMILES string of the molecule is C=CCNC(=O)CN.CNC(C)C(O)c1ccccc1. The maximum Gasteiger partial charge on any atom is 0.233 e. The summed E-state index contributed by atoms with van der Waals surface area (Å²) in [5.74, 6) is -0.148. The molecule has 1 rings (SSSR count). The van der Waals surface area contributed by atoms with Crippen LogP contribution in [0.25, 0.3) is 0 Å². The third-order valence-corrected chi connectivity index (χ3v) is 2.70. The molecule has 5 N–H and O–H groups in total. The van der Waals surface area contributed by atoms with Crippen molar-refractivity contribution < 1.29 is 9.90 Å². The molecular formula is C15H25N3O2. The molecular weight excluding hydrogens is 254 g/mol. The number of amides is 1. The molecule has 2 unspecified atom stereocenters. The Morgan fingerprint density at radius 1 is 1.45 bits per heavy atom. The topological polar surface area (TPSA) is 87.4 Å². The molecule has 2 atom stereocenters. The van der Waals surface area contributed by atoms with Crippen molar-refractivity contribution in [3.63, 3.8) is 0 Å². The second kappa shape index (κ2) is 11.2. The summed E-state index contributed by atoms with van der Waals surface area (Å²) in [4.78, 5) is 10.3. The number of likely N-dealkylation sites (N-methyl/N-ethyl adjacent to an activating group) is 1. The Morgan fingerprint density at radius 3 is 2.50 bits per heavy atom. The van der Waals surface area contributed by atoms with Gasteiger partial charge in [-0.2, -0.15) is 0 Å². The molecule has 0 heterocycles. The summed E-state index contributed by atoms with van der Waals surface area (Å²) >= 11 is 0. The van der Waals surface area contributed by atoms with Crippen molar-refractivity contribution in [3.8, 4) is 0 Å². The highest BCUT2D eigenvalue weighted by Gasteiger charge is 2.12. The van der Waals surface area contributed by atoms with Gasteiger partial charge in [-0.25, -0.2) is 0 Å². The predicted octanol–water partition coefficient (Wildman–Crippen LogP) is 0.575. The number of nitrogens with two attached hydrogens (primary N) is 1. The minimum Gasteiger partial charge on any atom is -0.387 e. The van der Waals surface area contributed by atoms with Crippen molar-refractivity contribution >= 4 is 5.91 Å². The standard InChI is InChI=1S/C10H15NO.C5H10N2O/c1-8(11-2)10(12)9-6-4-3-5-7-9;1-2-3-7-5(8)4-6/h3-8,10-12H,1-2H3;2H,1,3-4,6H2,(H,7,8). The zero-order valence-corrected chi connectivity index (χ0v) is 12.2. The van der Waals surface area contributed by atoms with Gasteiger partial charge in [0.05, 0.1) is 12.6 Å². The van der Waals surface area contributed by atoms with Crippen LogP contribution in [-0.4, -0.2) is 37.2 Å². The van der Waals surface area contributed by atoms with E-state index in [-0.39, 0.29) is 18.5 Å². The Hall–Kier alpha value is -1.69. The Balaban J connectivity index is 0.000000396. The molecule has 112 valence electrons. The number of hydrogen-bond donors (Lipinski definition) is 4. The molecule has 5 nitrogen and oxygen atoms in total. The first-order valence-electron chi connectivity index (χ1n) is 6.54. The number of nitrogens with one attached hydrogen (secondary N) is 2. The number of carbonyl (C=O) groups is 1. The lowest BCUT2D eigenvalue weighted by atomic mass is 10.0. The van der Waals surface area contributed by atoms with Crippen LogP contribution in [0.15, 0.2) is 43.0 Å². The normalized spacial score (nSPS) is 12.6. The Morgan fingerprint density at radius 2 is 2.05 bits per heavy atom. The van der Waals surface area contributed by atoms with Gasteiger partial charge in [-0.05, 0) is 19.5 Å². The van der Waals surface area contributed by atoms with Gasteiger partial charge in [0.1, 0.15) is 0 Å². The van der Waals surface area contributed by atoms with Gasteiger partial charge in [0, 0.05) is 12.6 Å². The fourth-order valence-electron chi connectivity index (χ4n) is 1.35. The lowest BCUT2D eigenvalue weighted by molar-refractivity contribution is -0.119. The van der Waals surface area contributed by atoms with Crippen LogP contribution in [0.5, 0.6) is 0 Å². The average molecular weight is 279 g/mol. The number of aliphatic hydroxyl groups is 1. The molecule has 0 bridgehead atoms. The number of hydrogen-bond acceptors (Lipinski definition) is 4. The molecule has 0 saturated heterocycles. The van der Waals surface area contributed by atoms with Gasteiger partial charge in [-0.1, -0.05) is 36.4 Å². The van der Waals surface area contributed by atoms with E-state index in [1.165, 1.54) is 0 Å². The minimum absolute atomic E-state index is 0.0494. The second-order valence-corrected chi connectivity index (χ2v) is 4.23. The van der Waals surface area contributed by atoms with E-state index in [1.807, 2.05) is 44.3 Å². The molecule has 0 aromatic heterocycles. The second-order valence-electron chi connectivity index (χ2n) is 4.23. The number of aliphatic hydroxyl groups excluding tert-OH is 1. The average Bonchev–Trinajstić information content (AvgIpc) is 2.52. The number of benzene rings is 1. The summed E-state index contributed by atoms with van der Waals surface area (Å²) in [6.07, 6.45) is 1.18. The van der Waals surface area contributed by atoms with Crippen molar-refractivity contribution in [2.75, 3.05) is 20.1 Å². The first kappa shape index (κ1) is 18.3. The maximum atomic E-state index is 10.3. The van der Waals surface area contributed by atoms with E-state index < -0.39 is 6.10 Å². The van der Waals surface area contributed by atoms with Crippen molar-refractivity contribution in [2.24, 2.45) is 5.73 Å². The number of rotatable bonds is 6. The summed E-state index contributed by atoms with van der Waals surface area (Å²) in [7, 11) is 1.84. The predicted molar refractivity (Wildman–Crippen MR) is 82.2 cm³/mol. The summed E-state index contributed by atoms with van der Waals surface area (Å²) in [6.45, 7) is 5.91. The first-order chi connectivity index (χ1) is 9.56. The van der Waals surface area contributed by atoms with Gasteiger partial charge in [-0.15, -0.1) is 6.58 Å². The largest absolute Gasteiger partial charge is 0.387 e. The molecule has 0 aliphatic rings. The van der Waals surface area contributed by atoms with Crippen molar-refractivity contribution in [1.29, 1.82) is 0 Å². The lowest BCUT2D eigenvalue weighted by Crippen LogP contribution is -2.30. The zero-order chi connectivity index (χ0) is 15.4. The summed E-state index contributed by atoms with van der Waals surface area (Å²) < 4.78 is 0. The van der Waals surface area contributed by atoms with Gasteiger partial charge in [0.15, 0.2) is 0 Å². The maximum absolute atomic E-state index is 10.3. The van der Waals surface area contributed by atoms with E-state index in [1.54, 1.807) is 6.08 Å². The molecule has 0 aliphatic carbocycles. The van der Waals surface area contributed by atoms with E-state index in [0.29, 0.717) is 6.54 Å². The monoisotopic (exact) mass is 279 g/mol. The summed E-state index contributed by atoms with van der Waals surface area (Å²) in [5.41, 5.74) is 5.92. The van der Waals surface area contributed by atoms with Crippen LogP contribution < -0.4 is 16.4 Å². The van der Waals surface area contributed by atoms with Crippen LogP contribution in [0.4, 0.5) is 0 Å². The van der Waals surface area contributed by atoms with Crippen molar-refractivity contribution in [2.45, 2.75) is 19.1 Å². The van der Waals surface area contributed by atoms with Crippen molar-refractivity contribution in [3.05, 3.63) is 48.6 Å². The highest BCUT2D eigenvalue weighted by Crippen LogP contribution is 2.15. The fourth-order valence-corrected chi connectivity index (χ4v) is 1.35. The van der Waals surface area contributed by atoms with E-state index >= 15 is 0 Å². The molecule has 0 fully saturated rings. The molecule has 0 aliphatic heterocycles. The molecule has 0 saturated carbocycles. The van der Waals surface area contributed by atoms with Crippen LogP contribution in [0, 0.1) is 0 Å². The van der Waals surface area contributed by atoms with Gasteiger partial charge < -0.3 is 21.5 Å². The van der Waals surface area contributed by atoms with E-state index in [2.05, 4.69) is 17.2 Å². The highest BCUT2D eigenvalue weighted by atomic mass is 16.3. The quantitative estimate of drug-likeness (QED) is 0.574. The van der Waals surface area contributed by atoms with Gasteiger partial charge in [0.2, 0.25) is 5.91 Å². The Labute approximate surface area is 120 Å². The number of carbonyl (C=O) groups excluding carboxylic acids is 1. The molecule has 1 aromatic carbocycles. The van der Waals surface area contributed by atoms with E-state index in [0.717, 1.165) is 5.56 Å². The van der Waals surface area contributed by atoms with Gasteiger partial charge >= 0.3 is 0 Å². The smallest absolute Gasteiger partial charge is 0.233 e. The minimum atomic E-state index is -0.420. The van der Waals surface area contributed by atoms with Crippen LogP contribution in [0.2, 0.25) is 0 Å². The van der Waals surface area contributed by atoms with Crippen LogP contribution in [0.1, 0.15) is 18.6 Å². The van der Waals surface area contributed by atoms with Crippen LogP contribution >= 0.6 is 0 Å². The van der Waals surface area contributed by atoms with Crippen molar-refractivity contribution in [1.82, 2.24) is 10.6 Å². The summed E-state index contributed by atoms with van der Waals surface area (Å²) in [5, 5.41) is 15.2. The third kappa shape index (κ3) is 7.68. The molecule has 5 heteroatoms. The molecule has 1 aromatic rings. The molecule has 20 heavy (non-hydrogen) atoms. The fraction of sp³-hybridized carbons (Fsp3) is 0.400. The third-order valence-electron chi connectivity index (χ3n) is 2.70. The molecule has 0 spiro atoms. The molecule has 1 amide bonds. The Bertz CT molecular complexity index is 382. The molecule has 0 radical (unpaired) electrons. The highest BCUT2D eigenvalue weighted by molar-refractivity contribution is 5.77. The van der Waals surface area contributed by atoms with Gasteiger partial charge in [0.25, 0.3) is 0 Å².